The summed E-state index contributed by atoms with van der Waals surface area (Å²) in [5, 5.41) is 14.6. The van der Waals surface area contributed by atoms with E-state index >= 15 is 0 Å². The third kappa shape index (κ3) is 10.6. The molecule has 1 saturated heterocycles. The molecule has 0 aliphatic carbocycles. The molecule has 0 radical (unpaired) electrons. The van der Waals surface area contributed by atoms with Gasteiger partial charge in [-0.1, -0.05) is 0 Å². The van der Waals surface area contributed by atoms with E-state index in [4.69, 9.17) is 28.7 Å². The van der Waals surface area contributed by atoms with Gasteiger partial charge in [0.15, 0.2) is 11.9 Å². The van der Waals surface area contributed by atoms with Crippen LogP contribution in [0.15, 0.2) is 9.98 Å². The Bertz CT molecular complexity index is 832. The van der Waals surface area contributed by atoms with Gasteiger partial charge in [0.05, 0.1) is 6.04 Å². The van der Waals surface area contributed by atoms with E-state index in [1.807, 2.05) is 0 Å². The topological polar surface area (TPSA) is 271 Å². The molecule has 4 unspecified atom stereocenters. The molecule has 36 heavy (non-hydrogen) atoms. The van der Waals surface area contributed by atoms with E-state index in [-0.39, 0.29) is 50.1 Å². The molecule has 15 nitrogen and oxygen atoms in total. The zero-order chi connectivity index (χ0) is 27.3. The first-order valence-corrected chi connectivity index (χ1v) is 12.2. The molecule has 0 aromatic heterocycles. The second-order valence-electron chi connectivity index (χ2n) is 8.34. The summed E-state index contributed by atoms with van der Waals surface area (Å²) >= 11 is 4.01. The zero-order valence-corrected chi connectivity index (χ0v) is 21.0. The fourth-order valence-corrected chi connectivity index (χ4v) is 3.82. The van der Waals surface area contributed by atoms with E-state index in [1.165, 1.54) is 4.90 Å². The zero-order valence-electron chi connectivity index (χ0n) is 20.1. The molecule has 1 heterocycles. The number of rotatable bonds is 15. The molecular weight excluding hydrogens is 492 g/mol. The highest BCUT2D eigenvalue weighted by atomic mass is 32.1. The lowest BCUT2D eigenvalue weighted by Crippen LogP contribution is -2.57. The summed E-state index contributed by atoms with van der Waals surface area (Å²) in [6.45, 7) is 0.731. The number of aliphatic imine (C=N–C) groups is 2. The predicted octanol–water partition coefficient (Wildman–Crippen LogP) is -3.60. The lowest BCUT2D eigenvalue weighted by atomic mass is 10.1. The van der Waals surface area contributed by atoms with Crippen molar-refractivity contribution in [1.82, 2.24) is 15.5 Å². The van der Waals surface area contributed by atoms with Crippen molar-refractivity contribution in [1.29, 1.82) is 0 Å². The van der Waals surface area contributed by atoms with Gasteiger partial charge in [-0.3, -0.25) is 24.4 Å². The van der Waals surface area contributed by atoms with Gasteiger partial charge in [0.1, 0.15) is 18.1 Å². The summed E-state index contributed by atoms with van der Waals surface area (Å²) in [7, 11) is 0. The minimum atomic E-state index is -1.21. The average Bonchev–Trinajstić information content (AvgIpc) is 3.31. The number of hydrogen-bond acceptors (Lipinski definition) is 8. The van der Waals surface area contributed by atoms with Gasteiger partial charge in [0, 0.05) is 25.4 Å². The van der Waals surface area contributed by atoms with Crippen molar-refractivity contribution in [2.45, 2.75) is 62.7 Å². The first kappa shape index (κ1) is 30.8. The Balaban J connectivity index is 2.91. The molecule has 1 aliphatic heterocycles. The van der Waals surface area contributed by atoms with Gasteiger partial charge < -0.3 is 49.3 Å². The molecule has 0 aromatic carbocycles. The first-order chi connectivity index (χ1) is 17.0. The minimum Gasteiger partial charge on any atom is -0.480 e. The third-order valence-corrected chi connectivity index (χ3v) is 5.89. The number of likely N-dealkylation sites (tertiary alicyclic amines) is 1. The Labute approximate surface area is 215 Å². The van der Waals surface area contributed by atoms with Crippen LogP contribution < -0.4 is 39.3 Å². The number of carbonyl (C=O) groups excluding carboxylic acids is 3. The van der Waals surface area contributed by atoms with Crippen molar-refractivity contribution in [2.75, 3.05) is 25.4 Å². The number of carboxylic acid groups (broad SMARTS) is 1. The van der Waals surface area contributed by atoms with Gasteiger partial charge in [-0.05, 0) is 38.5 Å². The fourth-order valence-electron chi connectivity index (χ4n) is 3.65. The van der Waals surface area contributed by atoms with Crippen LogP contribution in [0.25, 0.3) is 0 Å². The second-order valence-corrected chi connectivity index (χ2v) is 8.70. The molecule has 4 atom stereocenters. The lowest BCUT2D eigenvalue weighted by Gasteiger charge is -2.30. The summed E-state index contributed by atoms with van der Waals surface area (Å²) in [5.41, 5.74) is 26.9. The van der Waals surface area contributed by atoms with Crippen LogP contribution in [0.4, 0.5) is 0 Å². The molecule has 0 bridgehead atoms. The number of nitrogens with one attached hydrogen (secondary N) is 2. The number of aliphatic carboxylic acids is 1. The second kappa shape index (κ2) is 15.7. The van der Waals surface area contributed by atoms with Gasteiger partial charge >= 0.3 is 5.97 Å². The number of carbonyl (C=O) groups is 4. The van der Waals surface area contributed by atoms with Gasteiger partial charge in [-0.15, -0.1) is 0 Å². The molecule has 1 aliphatic rings. The summed E-state index contributed by atoms with van der Waals surface area (Å²) in [6.07, 6.45) is 1.90. The number of thiol groups is 1. The number of amides is 3. The van der Waals surface area contributed by atoms with E-state index in [0.29, 0.717) is 25.7 Å². The Morgan fingerprint density at radius 1 is 0.972 bits per heavy atom. The number of carboxylic acids is 1. The largest absolute Gasteiger partial charge is 0.480 e. The van der Waals surface area contributed by atoms with E-state index in [2.05, 4.69) is 33.2 Å². The van der Waals surface area contributed by atoms with E-state index < -0.39 is 47.9 Å². The van der Waals surface area contributed by atoms with Crippen molar-refractivity contribution in [3.05, 3.63) is 0 Å². The maximum Gasteiger partial charge on any atom is 0.326 e. The fraction of sp³-hybridized carbons (Fsp3) is 0.700. The van der Waals surface area contributed by atoms with Crippen LogP contribution in [0.3, 0.4) is 0 Å². The van der Waals surface area contributed by atoms with Gasteiger partial charge in [-0.25, -0.2) is 4.79 Å². The molecule has 1 fully saturated rings. The van der Waals surface area contributed by atoms with Crippen LogP contribution in [-0.4, -0.2) is 95.2 Å². The van der Waals surface area contributed by atoms with E-state index in [0.717, 1.165) is 0 Å². The maximum atomic E-state index is 13.4. The molecule has 204 valence electrons. The molecule has 3 amide bonds. The van der Waals surface area contributed by atoms with Crippen molar-refractivity contribution < 1.29 is 24.3 Å². The van der Waals surface area contributed by atoms with E-state index in [9.17, 15) is 24.3 Å². The summed E-state index contributed by atoms with van der Waals surface area (Å²) in [5.74, 6) is -2.96. The van der Waals surface area contributed by atoms with Crippen molar-refractivity contribution >= 4 is 48.2 Å². The van der Waals surface area contributed by atoms with Gasteiger partial charge in [-0.2, -0.15) is 12.6 Å². The van der Waals surface area contributed by atoms with Crippen LogP contribution >= 0.6 is 12.6 Å². The number of nitrogens with zero attached hydrogens (tertiary/aromatic N) is 3. The monoisotopic (exact) mass is 530 g/mol. The van der Waals surface area contributed by atoms with Crippen LogP contribution in [-0.2, 0) is 19.2 Å². The molecule has 0 spiro atoms. The summed E-state index contributed by atoms with van der Waals surface area (Å²) in [4.78, 5) is 59.3. The lowest BCUT2D eigenvalue weighted by molar-refractivity contribution is -0.145. The molecule has 16 heteroatoms. The highest BCUT2D eigenvalue weighted by molar-refractivity contribution is 7.80. The quantitative estimate of drug-likeness (QED) is 0.0434. The first-order valence-electron chi connectivity index (χ1n) is 11.6. The van der Waals surface area contributed by atoms with Gasteiger partial charge in [0.2, 0.25) is 17.7 Å². The highest BCUT2D eigenvalue weighted by Gasteiger charge is 2.38. The summed E-state index contributed by atoms with van der Waals surface area (Å²) < 4.78 is 0. The highest BCUT2D eigenvalue weighted by Crippen LogP contribution is 2.20. The Kier molecular flexibility index (Phi) is 13.4. The van der Waals surface area contributed by atoms with Crippen LogP contribution in [0.2, 0.25) is 0 Å². The van der Waals surface area contributed by atoms with E-state index in [1.54, 1.807) is 0 Å². The third-order valence-electron chi connectivity index (χ3n) is 5.49. The number of guanidine groups is 2. The number of nitrogens with two attached hydrogens (primary N) is 5. The SMILES string of the molecule is NC(N)=NCCCC(NC(=O)C1CCCN1C(=O)C(CCCN=C(N)N)NC(=O)C(N)CS)C(=O)O. The molecular formula is C20H38N10O5S. The van der Waals surface area contributed by atoms with Gasteiger partial charge in [0.25, 0.3) is 0 Å². The van der Waals surface area contributed by atoms with Crippen LogP contribution in [0.1, 0.15) is 38.5 Å². The normalized spacial score (nSPS) is 17.4. The van der Waals surface area contributed by atoms with Crippen molar-refractivity contribution in [3.63, 3.8) is 0 Å². The minimum absolute atomic E-state index is 0.0786. The van der Waals surface area contributed by atoms with Crippen molar-refractivity contribution in [3.8, 4) is 0 Å². The Hall–Kier alpha value is -3.27. The molecule has 1 rings (SSSR count). The number of hydrogen-bond donors (Lipinski definition) is 9. The van der Waals surface area contributed by atoms with Crippen molar-refractivity contribution in [2.24, 2.45) is 38.7 Å². The maximum absolute atomic E-state index is 13.4. The standard InChI is InChI=1S/C20H38N10O5S/c21-11(10-36)15(31)28-12(4-1-7-26-19(22)23)17(33)30-9-3-6-14(30)16(32)29-13(18(34)35)5-2-8-27-20(24)25/h11-14,36H,1-10,21H2,(H,28,31)(H,29,32)(H,34,35)(H4,22,23,26)(H4,24,25,27). The summed E-state index contributed by atoms with van der Waals surface area (Å²) in [6, 6.07) is -3.95. The molecule has 13 N–H and O–H groups in total. The predicted molar refractivity (Wildman–Crippen MR) is 138 cm³/mol. The Morgan fingerprint density at radius 2 is 1.53 bits per heavy atom. The molecule has 0 aromatic rings. The Morgan fingerprint density at radius 3 is 2.03 bits per heavy atom. The average molecular weight is 531 g/mol. The van der Waals surface area contributed by atoms with Crippen LogP contribution in [0, 0.1) is 0 Å². The smallest absolute Gasteiger partial charge is 0.326 e. The molecule has 0 saturated carbocycles. The van der Waals surface area contributed by atoms with Crippen LogP contribution in [0.5, 0.6) is 0 Å².